The van der Waals surface area contributed by atoms with E-state index in [1.807, 2.05) is 4.90 Å². The summed E-state index contributed by atoms with van der Waals surface area (Å²) in [6, 6.07) is 12.8. The normalized spacial score (nSPS) is 14.2. The van der Waals surface area contributed by atoms with Crippen LogP contribution in [0.3, 0.4) is 0 Å². The molecule has 162 valence electrons. The number of amides is 2. The zero-order chi connectivity index (χ0) is 22.4. The molecule has 0 saturated carbocycles. The van der Waals surface area contributed by atoms with Gasteiger partial charge in [0.25, 0.3) is 5.91 Å². The van der Waals surface area contributed by atoms with Crippen molar-refractivity contribution in [1.29, 1.82) is 0 Å². The van der Waals surface area contributed by atoms with E-state index in [9.17, 15) is 18.8 Å². The Morgan fingerprint density at radius 3 is 2.26 bits per heavy atom. The Morgan fingerprint density at radius 1 is 1.00 bits per heavy atom. The topological polar surface area (TPSA) is 78.9 Å². The molecule has 0 spiro atoms. The molecule has 0 bridgehead atoms. The van der Waals surface area contributed by atoms with Crippen molar-refractivity contribution in [2.24, 2.45) is 0 Å². The van der Waals surface area contributed by atoms with Crippen LogP contribution in [0.25, 0.3) is 0 Å². The lowest BCUT2D eigenvalue weighted by atomic mass is 10.2. The van der Waals surface area contributed by atoms with Crippen LogP contribution in [0, 0.1) is 5.82 Å². The molecule has 31 heavy (non-hydrogen) atoms. The van der Waals surface area contributed by atoms with E-state index in [0.717, 1.165) is 0 Å². The number of carbonyl (C=O) groups excluding carboxylic acids is 3. The molecule has 1 aliphatic rings. The van der Waals surface area contributed by atoms with Gasteiger partial charge in [0.2, 0.25) is 5.91 Å². The first kappa shape index (κ1) is 22.0. The quantitative estimate of drug-likeness (QED) is 0.589. The predicted octanol–water partition coefficient (Wildman–Crippen LogP) is 2.85. The highest BCUT2D eigenvalue weighted by atomic mass is 19.1. The van der Waals surface area contributed by atoms with E-state index in [2.05, 4.69) is 10.1 Å². The Labute approximate surface area is 180 Å². The van der Waals surface area contributed by atoms with E-state index in [0.29, 0.717) is 43.1 Å². The third-order valence-electron chi connectivity index (χ3n) is 5.05. The Hall–Kier alpha value is -3.68. The summed E-state index contributed by atoms with van der Waals surface area (Å²) in [5.41, 5.74) is 1.66. The largest absolute Gasteiger partial charge is 0.465 e. The van der Waals surface area contributed by atoms with Gasteiger partial charge in [-0.2, -0.15) is 0 Å². The minimum atomic E-state index is -0.463. The molecular formula is C23H24FN3O4. The third-order valence-corrected chi connectivity index (χ3v) is 5.05. The number of methoxy groups -OCH3 is 1. The first-order valence-electron chi connectivity index (χ1n) is 9.85. The number of anilines is 2. The molecule has 0 aliphatic carbocycles. The van der Waals surface area contributed by atoms with Crippen molar-refractivity contribution in [2.45, 2.75) is 6.92 Å². The number of rotatable bonds is 5. The van der Waals surface area contributed by atoms with Gasteiger partial charge in [0.1, 0.15) is 5.82 Å². The summed E-state index contributed by atoms with van der Waals surface area (Å²) < 4.78 is 18.6. The standard InChI is InChI=1S/C23H24FN3O4/c1-16(22(29)25-18-9-7-17(8-10-18)23(30)31-2)15-21(28)27-13-11-26(12-14-27)20-6-4-3-5-19(20)24/h3-10,15H,11-14H2,1-2H3,(H,25,29)/b16-15+. The van der Waals surface area contributed by atoms with Gasteiger partial charge in [-0.3, -0.25) is 9.59 Å². The number of ether oxygens (including phenoxy) is 1. The van der Waals surface area contributed by atoms with Crippen molar-refractivity contribution < 1.29 is 23.5 Å². The highest BCUT2D eigenvalue weighted by molar-refractivity contribution is 6.07. The summed E-state index contributed by atoms with van der Waals surface area (Å²) in [7, 11) is 1.29. The Morgan fingerprint density at radius 2 is 1.65 bits per heavy atom. The summed E-state index contributed by atoms with van der Waals surface area (Å²) in [6.07, 6.45) is 1.30. The molecule has 1 saturated heterocycles. The second-order valence-corrected chi connectivity index (χ2v) is 7.11. The first-order chi connectivity index (χ1) is 14.9. The number of nitrogens with one attached hydrogen (secondary N) is 1. The molecule has 3 rings (SSSR count). The smallest absolute Gasteiger partial charge is 0.337 e. The van der Waals surface area contributed by atoms with Gasteiger partial charge in [-0.05, 0) is 43.3 Å². The summed E-state index contributed by atoms with van der Waals surface area (Å²) >= 11 is 0. The molecule has 2 amide bonds. The fourth-order valence-corrected chi connectivity index (χ4v) is 3.26. The Balaban J connectivity index is 1.55. The highest BCUT2D eigenvalue weighted by Crippen LogP contribution is 2.20. The predicted molar refractivity (Wildman–Crippen MR) is 115 cm³/mol. The van der Waals surface area contributed by atoms with Crippen molar-refractivity contribution in [1.82, 2.24) is 4.90 Å². The van der Waals surface area contributed by atoms with E-state index in [1.165, 1.54) is 19.3 Å². The molecule has 7 nitrogen and oxygen atoms in total. The molecule has 8 heteroatoms. The van der Waals surface area contributed by atoms with Crippen molar-refractivity contribution in [2.75, 3.05) is 43.5 Å². The summed E-state index contributed by atoms with van der Waals surface area (Å²) in [6.45, 7) is 3.46. The van der Waals surface area contributed by atoms with E-state index in [-0.39, 0.29) is 17.3 Å². The van der Waals surface area contributed by atoms with Gasteiger partial charge >= 0.3 is 5.97 Å². The summed E-state index contributed by atoms with van der Waals surface area (Å²) in [5.74, 6) is -1.42. The number of para-hydroxylation sites is 1. The molecule has 2 aromatic rings. The van der Waals surface area contributed by atoms with Gasteiger partial charge in [0, 0.05) is 43.5 Å². The van der Waals surface area contributed by atoms with Crippen LogP contribution < -0.4 is 10.2 Å². The lowest BCUT2D eigenvalue weighted by Gasteiger charge is -2.35. The fourth-order valence-electron chi connectivity index (χ4n) is 3.26. The van der Waals surface area contributed by atoms with Crippen LogP contribution in [-0.2, 0) is 14.3 Å². The van der Waals surface area contributed by atoms with Crippen molar-refractivity contribution in [3.05, 3.63) is 71.6 Å². The molecule has 1 aliphatic heterocycles. The summed E-state index contributed by atoms with van der Waals surface area (Å²) in [4.78, 5) is 39.9. The average molecular weight is 425 g/mol. The molecule has 0 aromatic heterocycles. The minimum Gasteiger partial charge on any atom is -0.465 e. The SMILES string of the molecule is COC(=O)c1ccc(NC(=O)/C(C)=C/C(=O)N2CCN(c3ccccc3F)CC2)cc1. The van der Waals surface area contributed by atoms with Crippen LogP contribution in [0.2, 0.25) is 0 Å². The molecule has 0 atom stereocenters. The second-order valence-electron chi connectivity index (χ2n) is 7.11. The van der Waals surface area contributed by atoms with Gasteiger partial charge in [0.05, 0.1) is 18.4 Å². The minimum absolute atomic E-state index is 0.262. The van der Waals surface area contributed by atoms with E-state index in [1.54, 1.807) is 54.3 Å². The van der Waals surface area contributed by atoms with Gasteiger partial charge in [-0.15, -0.1) is 0 Å². The highest BCUT2D eigenvalue weighted by Gasteiger charge is 2.22. The Kier molecular flexibility index (Phi) is 7.02. The van der Waals surface area contributed by atoms with E-state index < -0.39 is 11.9 Å². The zero-order valence-electron chi connectivity index (χ0n) is 17.4. The molecule has 0 unspecified atom stereocenters. The lowest BCUT2D eigenvalue weighted by molar-refractivity contribution is -0.126. The number of piperazine rings is 1. The summed E-state index contributed by atoms with van der Waals surface area (Å²) in [5, 5.41) is 2.69. The van der Waals surface area contributed by atoms with Crippen molar-refractivity contribution in [3.63, 3.8) is 0 Å². The molecule has 1 fully saturated rings. The van der Waals surface area contributed by atoms with Crippen LogP contribution in [-0.4, -0.2) is 56.0 Å². The number of nitrogens with zero attached hydrogens (tertiary/aromatic N) is 2. The van der Waals surface area contributed by atoms with Crippen molar-refractivity contribution in [3.8, 4) is 0 Å². The third kappa shape index (κ3) is 5.48. The maximum Gasteiger partial charge on any atom is 0.337 e. The number of benzene rings is 2. The average Bonchev–Trinajstić information content (AvgIpc) is 2.79. The zero-order valence-corrected chi connectivity index (χ0v) is 17.4. The number of carbonyl (C=O) groups is 3. The number of hydrogen-bond donors (Lipinski definition) is 1. The second kappa shape index (κ2) is 9.88. The monoisotopic (exact) mass is 425 g/mol. The van der Waals surface area contributed by atoms with Gasteiger partial charge in [-0.1, -0.05) is 12.1 Å². The first-order valence-corrected chi connectivity index (χ1v) is 9.85. The lowest BCUT2D eigenvalue weighted by Crippen LogP contribution is -2.48. The fraction of sp³-hybridized carbons (Fsp3) is 0.261. The van der Waals surface area contributed by atoms with Crippen molar-refractivity contribution >= 4 is 29.2 Å². The van der Waals surface area contributed by atoms with Crippen LogP contribution in [0.4, 0.5) is 15.8 Å². The maximum atomic E-state index is 14.0. The number of halogens is 1. The van der Waals surface area contributed by atoms with Gasteiger partial charge < -0.3 is 19.9 Å². The number of hydrogen-bond acceptors (Lipinski definition) is 5. The van der Waals surface area contributed by atoms with E-state index >= 15 is 0 Å². The molecule has 1 heterocycles. The van der Waals surface area contributed by atoms with Crippen LogP contribution in [0.1, 0.15) is 17.3 Å². The van der Waals surface area contributed by atoms with Gasteiger partial charge in [0.15, 0.2) is 0 Å². The van der Waals surface area contributed by atoms with Crippen LogP contribution in [0.15, 0.2) is 60.2 Å². The molecule has 1 N–H and O–H groups in total. The molecule has 0 radical (unpaired) electrons. The Bertz CT molecular complexity index is 996. The molecular weight excluding hydrogens is 401 g/mol. The van der Waals surface area contributed by atoms with Crippen LogP contribution in [0.5, 0.6) is 0 Å². The molecule has 2 aromatic carbocycles. The van der Waals surface area contributed by atoms with Gasteiger partial charge in [-0.25, -0.2) is 9.18 Å². The van der Waals surface area contributed by atoms with E-state index in [4.69, 9.17) is 0 Å². The van der Waals surface area contributed by atoms with Crippen LogP contribution >= 0.6 is 0 Å². The maximum absolute atomic E-state index is 14.0. The number of esters is 1.